The third-order valence-electron chi connectivity index (χ3n) is 8.77. The number of aliphatic hydroxyl groups is 1. The Bertz CT molecular complexity index is 1160. The molecule has 0 aromatic heterocycles. The Kier molecular flexibility index (Phi) is 8.86. The number of carbonyl (C=O) groups excluding carboxylic acids is 3. The van der Waals surface area contributed by atoms with E-state index in [9.17, 15) is 19.5 Å². The van der Waals surface area contributed by atoms with E-state index in [1.807, 2.05) is 44.2 Å². The number of nitrogens with zero attached hydrogens (tertiary/aromatic N) is 2. The highest BCUT2D eigenvalue weighted by atomic mass is 16.6. The van der Waals surface area contributed by atoms with Crippen molar-refractivity contribution in [2.45, 2.75) is 89.6 Å². The minimum absolute atomic E-state index is 0.0739. The van der Waals surface area contributed by atoms with E-state index < -0.39 is 47.1 Å². The lowest BCUT2D eigenvalue weighted by molar-refractivity contribution is -0.158. The van der Waals surface area contributed by atoms with Crippen molar-refractivity contribution in [2.75, 3.05) is 19.8 Å². The minimum Gasteiger partial charge on any atom is -0.465 e. The van der Waals surface area contributed by atoms with Crippen molar-refractivity contribution < 1.29 is 29.0 Å². The number of hydrogen-bond donors (Lipinski definition) is 1. The van der Waals surface area contributed by atoms with Gasteiger partial charge in [0.1, 0.15) is 11.6 Å². The van der Waals surface area contributed by atoms with Crippen molar-refractivity contribution in [3.63, 3.8) is 0 Å². The van der Waals surface area contributed by atoms with Gasteiger partial charge in [-0.05, 0) is 50.5 Å². The van der Waals surface area contributed by atoms with Gasteiger partial charge in [-0.25, -0.2) is 0 Å². The number of benzene rings is 1. The fourth-order valence-corrected chi connectivity index (χ4v) is 7.65. The summed E-state index contributed by atoms with van der Waals surface area (Å²) >= 11 is 0. The van der Waals surface area contributed by atoms with Gasteiger partial charge in [0.15, 0.2) is 0 Å². The van der Waals surface area contributed by atoms with E-state index in [0.717, 1.165) is 0 Å². The van der Waals surface area contributed by atoms with Crippen LogP contribution < -0.4 is 0 Å². The zero-order valence-corrected chi connectivity index (χ0v) is 25.2. The van der Waals surface area contributed by atoms with Crippen LogP contribution in [0.5, 0.6) is 0 Å². The van der Waals surface area contributed by atoms with E-state index in [4.69, 9.17) is 9.47 Å². The van der Waals surface area contributed by atoms with Crippen molar-refractivity contribution in [3.8, 4) is 0 Å². The van der Waals surface area contributed by atoms with E-state index in [0.29, 0.717) is 31.2 Å². The molecule has 0 radical (unpaired) electrons. The number of ether oxygens (including phenoxy) is 2. The molecule has 1 spiro atoms. The molecule has 0 aliphatic carbocycles. The van der Waals surface area contributed by atoms with Gasteiger partial charge in [0.25, 0.3) is 0 Å². The van der Waals surface area contributed by atoms with E-state index in [2.05, 4.69) is 33.9 Å². The summed E-state index contributed by atoms with van der Waals surface area (Å²) in [7, 11) is 0. The Hall–Kier alpha value is -2.97. The maximum Gasteiger partial charge on any atom is 0.312 e. The average molecular weight is 567 g/mol. The molecule has 1 N–H and O–H groups in total. The molecule has 3 aliphatic rings. The molecule has 224 valence electrons. The number of rotatable bonds is 12. The first kappa shape index (κ1) is 31.0. The summed E-state index contributed by atoms with van der Waals surface area (Å²) in [6.07, 6.45) is 5.09. The van der Waals surface area contributed by atoms with Gasteiger partial charge in [0, 0.05) is 12.1 Å². The first-order valence-electron chi connectivity index (χ1n) is 14.7. The van der Waals surface area contributed by atoms with E-state index >= 15 is 0 Å². The standard InChI is InChI=1S/C33H46N2O6/c1-8-10-19-40-30(39)25-24-16-17-33(41-24)26(25)28(37)35(23(20-36)22-14-12-11-13-15-22)27(33)29(38)34(18-9-2)32(6,7)21-31(3,4)5/h8-9,11-15,23-27,36H,1-2,10,16-21H2,3-7H3/t23-,24-,25+,26+,27?,33?/m1/s1. The van der Waals surface area contributed by atoms with Crippen LogP contribution in [0.2, 0.25) is 0 Å². The van der Waals surface area contributed by atoms with Crippen LogP contribution in [-0.2, 0) is 23.9 Å². The minimum atomic E-state index is -1.19. The molecule has 6 atom stereocenters. The topological polar surface area (TPSA) is 96.4 Å². The third kappa shape index (κ3) is 5.61. The zero-order chi connectivity index (χ0) is 30.2. The third-order valence-corrected chi connectivity index (χ3v) is 8.77. The Balaban J connectivity index is 1.83. The molecule has 41 heavy (non-hydrogen) atoms. The summed E-state index contributed by atoms with van der Waals surface area (Å²) in [5.74, 6) is -2.79. The molecule has 1 aromatic carbocycles. The number of aliphatic hydroxyl groups excluding tert-OH is 1. The van der Waals surface area contributed by atoms with Crippen molar-refractivity contribution in [3.05, 3.63) is 61.2 Å². The van der Waals surface area contributed by atoms with Crippen molar-refractivity contribution >= 4 is 17.8 Å². The Morgan fingerprint density at radius 1 is 1.20 bits per heavy atom. The number of amides is 2. The fourth-order valence-electron chi connectivity index (χ4n) is 7.65. The second-order valence-electron chi connectivity index (χ2n) is 13.4. The monoisotopic (exact) mass is 566 g/mol. The SMILES string of the molecule is C=CCCOC(=O)[C@@H]1[C@H]2C(=O)N([C@H](CO)c3ccccc3)C(C(=O)N(CC=C)C(C)(C)CC(C)(C)C)C23CC[C@H]1O3. The number of esters is 1. The van der Waals surface area contributed by atoms with E-state index in [-0.39, 0.29) is 37.0 Å². The molecule has 0 saturated carbocycles. The van der Waals surface area contributed by atoms with Gasteiger partial charge in [-0.2, -0.15) is 0 Å². The summed E-state index contributed by atoms with van der Waals surface area (Å²) in [6, 6.07) is 7.42. The van der Waals surface area contributed by atoms with Gasteiger partial charge in [-0.3, -0.25) is 14.4 Å². The van der Waals surface area contributed by atoms with Gasteiger partial charge in [0.05, 0.1) is 37.2 Å². The quantitative estimate of drug-likeness (QED) is 0.228. The molecule has 4 rings (SSSR count). The first-order chi connectivity index (χ1) is 19.3. The van der Waals surface area contributed by atoms with Crippen LogP contribution in [0.15, 0.2) is 55.6 Å². The number of carbonyl (C=O) groups is 3. The van der Waals surface area contributed by atoms with Crippen LogP contribution in [0.1, 0.15) is 71.9 Å². The van der Waals surface area contributed by atoms with Gasteiger partial charge < -0.3 is 24.4 Å². The maximum absolute atomic E-state index is 14.9. The lowest BCUT2D eigenvalue weighted by atomic mass is 9.70. The van der Waals surface area contributed by atoms with Crippen molar-refractivity contribution in [1.29, 1.82) is 0 Å². The highest BCUT2D eigenvalue weighted by molar-refractivity contribution is 5.98. The van der Waals surface area contributed by atoms with Crippen molar-refractivity contribution in [2.24, 2.45) is 17.3 Å². The average Bonchev–Trinajstić information content (AvgIpc) is 3.54. The number of likely N-dealkylation sites (tertiary alicyclic amines) is 1. The van der Waals surface area contributed by atoms with Crippen LogP contribution in [0.4, 0.5) is 0 Å². The number of hydrogen-bond acceptors (Lipinski definition) is 6. The summed E-state index contributed by atoms with van der Waals surface area (Å²) in [5, 5.41) is 10.7. The maximum atomic E-state index is 14.9. The molecule has 8 nitrogen and oxygen atoms in total. The van der Waals surface area contributed by atoms with Gasteiger partial charge in [0.2, 0.25) is 11.8 Å². The smallest absolute Gasteiger partial charge is 0.312 e. The van der Waals surface area contributed by atoms with Crippen LogP contribution in [0, 0.1) is 17.3 Å². The lowest BCUT2D eigenvalue weighted by Gasteiger charge is -2.46. The summed E-state index contributed by atoms with van der Waals surface area (Å²) < 4.78 is 12.1. The van der Waals surface area contributed by atoms with Crippen molar-refractivity contribution in [1.82, 2.24) is 9.80 Å². The van der Waals surface area contributed by atoms with Gasteiger partial charge in [-0.1, -0.05) is 63.3 Å². The lowest BCUT2D eigenvalue weighted by Crippen LogP contribution is -2.61. The van der Waals surface area contributed by atoms with Crippen LogP contribution >= 0.6 is 0 Å². The van der Waals surface area contributed by atoms with Crippen LogP contribution in [0.25, 0.3) is 0 Å². The molecular weight excluding hydrogens is 520 g/mol. The van der Waals surface area contributed by atoms with E-state index in [1.54, 1.807) is 17.1 Å². The van der Waals surface area contributed by atoms with Gasteiger partial charge >= 0.3 is 5.97 Å². The highest BCUT2D eigenvalue weighted by Crippen LogP contribution is 2.60. The summed E-state index contributed by atoms with van der Waals surface area (Å²) in [4.78, 5) is 46.0. The Morgan fingerprint density at radius 3 is 2.46 bits per heavy atom. The Labute approximate surface area is 244 Å². The van der Waals surface area contributed by atoms with Gasteiger partial charge in [-0.15, -0.1) is 13.2 Å². The number of fused-ring (bicyclic) bond motifs is 1. The van der Waals surface area contributed by atoms with Crippen LogP contribution in [-0.4, -0.2) is 75.7 Å². The van der Waals surface area contributed by atoms with Crippen LogP contribution in [0.3, 0.4) is 0 Å². The highest BCUT2D eigenvalue weighted by Gasteiger charge is 2.76. The normalized spacial score (nSPS) is 27.9. The molecule has 1 aromatic rings. The first-order valence-corrected chi connectivity index (χ1v) is 14.7. The van der Waals surface area contributed by atoms with E-state index in [1.165, 1.54) is 4.90 Å². The molecule has 2 unspecified atom stereocenters. The predicted molar refractivity (Wildman–Crippen MR) is 157 cm³/mol. The molecule has 2 amide bonds. The molecule has 8 heteroatoms. The summed E-state index contributed by atoms with van der Waals surface area (Å²) in [5.41, 5.74) is -1.13. The molecule has 3 saturated heterocycles. The molecular formula is C33H46N2O6. The molecule has 3 heterocycles. The zero-order valence-electron chi connectivity index (χ0n) is 25.2. The second kappa shape index (κ2) is 11.7. The molecule has 3 fully saturated rings. The largest absolute Gasteiger partial charge is 0.465 e. The Morgan fingerprint density at radius 2 is 1.88 bits per heavy atom. The summed E-state index contributed by atoms with van der Waals surface area (Å²) in [6.45, 7) is 18.1. The molecule has 3 aliphatic heterocycles. The second-order valence-corrected chi connectivity index (χ2v) is 13.4. The molecule has 2 bridgehead atoms. The fraction of sp³-hybridized carbons (Fsp3) is 0.606. The predicted octanol–water partition coefficient (Wildman–Crippen LogP) is 4.44.